The van der Waals surface area contributed by atoms with E-state index >= 15 is 0 Å². The van der Waals surface area contributed by atoms with Gasteiger partial charge in [0.2, 0.25) is 5.79 Å². The Kier molecular flexibility index (Phi) is 3.09. The smallest absolute Gasteiger partial charge is 0.333 e. The SMILES string of the molecule is CC(C)=CC(=O)OC1(O)CCCC1. The maximum absolute atomic E-state index is 11.2. The summed E-state index contributed by atoms with van der Waals surface area (Å²) in [6.45, 7) is 3.64. The Labute approximate surface area is 78.4 Å². The predicted molar refractivity (Wildman–Crippen MR) is 48.9 cm³/mol. The monoisotopic (exact) mass is 184 g/mol. The van der Waals surface area contributed by atoms with E-state index in [4.69, 9.17) is 4.74 Å². The van der Waals surface area contributed by atoms with Gasteiger partial charge in [-0.15, -0.1) is 0 Å². The Bertz CT molecular complexity index is 220. The molecule has 0 unspecified atom stereocenters. The minimum absolute atomic E-state index is 0.440. The summed E-state index contributed by atoms with van der Waals surface area (Å²) in [5, 5.41) is 9.70. The molecule has 74 valence electrons. The van der Waals surface area contributed by atoms with Crippen LogP contribution in [0.5, 0.6) is 0 Å². The van der Waals surface area contributed by atoms with Gasteiger partial charge in [0, 0.05) is 18.9 Å². The standard InChI is InChI=1S/C10H16O3/c1-8(2)7-9(11)13-10(12)5-3-4-6-10/h7,12H,3-6H2,1-2H3. The number of hydrogen-bond donors (Lipinski definition) is 1. The number of rotatable bonds is 2. The van der Waals surface area contributed by atoms with Crippen molar-refractivity contribution in [3.8, 4) is 0 Å². The third-order valence-corrected chi connectivity index (χ3v) is 2.08. The Morgan fingerprint density at radius 2 is 1.92 bits per heavy atom. The first-order chi connectivity index (χ1) is 6.02. The molecule has 3 nitrogen and oxygen atoms in total. The highest BCUT2D eigenvalue weighted by molar-refractivity contribution is 5.82. The molecular weight excluding hydrogens is 168 g/mol. The highest BCUT2D eigenvalue weighted by atomic mass is 16.7. The number of aliphatic hydroxyl groups is 1. The molecule has 0 amide bonds. The zero-order chi connectivity index (χ0) is 9.90. The van der Waals surface area contributed by atoms with E-state index in [1.54, 1.807) is 0 Å². The second-order valence-electron chi connectivity index (χ2n) is 3.80. The summed E-state index contributed by atoms with van der Waals surface area (Å²) in [5.74, 6) is -1.63. The Morgan fingerprint density at radius 3 is 2.38 bits per heavy atom. The lowest BCUT2D eigenvalue weighted by Crippen LogP contribution is -2.30. The molecule has 1 rings (SSSR count). The lowest BCUT2D eigenvalue weighted by Gasteiger charge is -2.21. The maximum atomic E-state index is 11.2. The molecule has 0 saturated heterocycles. The molecule has 0 spiro atoms. The molecule has 13 heavy (non-hydrogen) atoms. The van der Waals surface area contributed by atoms with Crippen LogP contribution in [0.1, 0.15) is 39.5 Å². The van der Waals surface area contributed by atoms with Gasteiger partial charge in [0.05, 0.1) is 0 Å². The molecule has 0 aromatic carbocycles. The van der Waals surface area contributed by atoms with Crippen LogP contribution in [0.3, 0.4) is 0 Å². The van der Waals surface area contributed by atoms with Crippen molar-refractivity contribution in [2.75, 3.05) is 0 Å². The molecule has 0 bridgehead atoms. The fourth-order valence-corrected chi connectivity index (χ4v) is 1.48. The number of esters is 1. The van der Waals surface area contributed by atoms with Crippen LogP contribution in [0.25, 0.3) is 0 Å². The summed E-state index contributed by atoms with van der Waals surface area (Å²) < 4.78 is 4.95. The molecule has 1 aliphatic carbocycles. The molecular formula is C10H16O3. The van der Waals surface area contributed by atoms with Gasteiger partial charge in [0.15, 0.2) is 0 Å². The van der Waals surface area contributed by atoms with Crippen molar-refractivity contribution in [2.24, 2.45) is 0 Å². The van der Waals surface area contributed by atoms with Crippen LogP contribution in [-0.4, -0.2) is 16.9 Å². The molecule has 0 aromatic heterocycles. The van der Waals surface area contributed by atoms with Crippen LogP contribution in [-0.2, 0) is 9.53 Å². The first-order valence-electron chi connectivity index (χ1n) is 4.62. The van der Waals surface area contributed by atoms with Crippen LogP contribution in [0.4, 0.5) is 0 Å². The third kappa shape index (κ3) is 3.19. The topological polar surface area (TPSA) is 46.5 Å². The largest absolute Gasteiger partial charge is 0.430 e. The van der Waals surface area contributed by atoms with Gasteiger partial charge in [-0.25, -0.2) is 4.79 Å². The fourth-order valence-electron chi connectivity index (χ4n) is 1.48. The average Bonchev–Trinajstić information content (AvgIpc) is 2.33. The van der Waals surface area contributed by atoms with Gasteiger partial charge in [0.1, 0.15) is 0 Å². The zero-order valence-corrected chi connectivity index (χ0v) is 8.17. The van der Waals surface area contributed by atoms with Crippen molar-refractivity contribution in [1.29, 1.82) is 0 Å². The molecule has 3 heteroatoms. The Morgan fingerprint density at radius 1 is 1.38 bits per heavy atom. The van der Waals surface area contributed by atoms with Crippen LogP contribution in [0, 0.1) is 0 Å². The fraction of sp³-hybridized carbons (Fsp3) is 0.700. The minimum atomic E-state index is -1.19. The minimum Gasteiger partial charge on any atom is -0.430 e. The molecule has 0 atom stereocenters. The second-order valence-corrected chi connectivity index (χ2v) is 3.80. The van der Waals surface area contributed by atoms with E-state index in [2.05, 4.69) is 0 Å². The maximum Gasteiger partial charge on any atom is 0.333 e. The summed E-state index contributed by atoms with van der Waals surface area (Å²) in [4.78, 5) is 11.2. The molecule has 1 N–H and O–H groups in total. The van der Waals surface area contributed by atoms with Gasteiger partial charge in [-0.2, -0.15) is 0 Å². The van der Waals surface area contributed by atoms with E-state index in [0.717, 1.165) is 18.4 Å². The van der Waals surface area contributed by atoms with Gasteiger partial charge < -0.3 is 9.84 Å². The molecule has 1 aliphatic rings. The molecule has 0 heterocycles. The lowest BCUT2D eigenvalue weighted by molar-refractivity contribution is -0.200. The van der Waals surface area contributed by atoms with Gasteiger partial charge in [-0.1, -0.05) is 5.57 Å². The summed E-state index contributed by atoms with van der Waals surface area (Å²) in [6, 6.07) is 0. The molecule has 0 radical (unpaired) electrons. The van der Waals surface area contributed by atoms with Gasteiger partial charge in [0.25, 0.3) is 0 Å². The molecule has 1 fully saturated rings. The summed E-state index contributed by atoms with van der Waals surface area (Å²) in [5.41, 5.74) is 0.881. The van der Waals surface area contributed by atoms with Gasteiger partial charge in [-0.05, 0) is 26.7 Å². The summed E-state index contributed by atoms with van der Waals surface area (Å²) >= 11 is 0. The highest BCUT2D eigenvalue weighted by Gasteiger charge is 2.34. The third-order valence-electron chi connectivity index (χ3n) is 2.08. The average molecular weight is 184 g/mol. The van der Waals surface area contributed by atoms with E-state index in [9.17, 15) is 9.90 Å². The van der Waals surface area contributed by atoms with Crippen molar-refractivity contribution in [3.05, 3.63) is 11.6 Å². The Hall–Kier alpha value is -0.830. The zero-order valence-electron chi connectivity index (χ0n) is 8.17. The number of ether oxygens (including phenoxy) is 1. The van der Waals surface area contributed by atoms with Gasteiger partial charge >= 0.3 is 5.97 Å². The number of hydrogen-bond acceptors (Lipinski definition) is 3. The summed E-state index contributed by atoms with van der Waals surface area (Å²) in [7, 11) is 0. The normalized spacial score (nSPS) is 19.6. The first-order valence-corrected chi connectivity index (χ1v) is 4.62. The lowest BCUT2D eigenvalue weighted by atomic mass is 10.2. The highest BCUT2D eigenvalue weighted by Crippen LogP contribution is 2.30. The molecule has 0 aliphatic heterocycles. The van der Waals surface area contributed by atoms with E-state index in [1.165, 1.54) is 6.08 Å². The van der Waals surface area contributed by atoms with E-state index in [1.807, 2.05) is 13.8 Å². The number of carbonyl (C=O) groups excluding carboxylic acids is 1. The van der Waals surface area contributed by atoms with Crippen molar-refractivity contribution < 1.29 is 14.6 Å². The predicted octanol–water partition coefficient (Wildman–Crippen LogP) is 1.76. The van der Waals surface area contributed by atoms with Crippen molar-refractivity contribution in [1.82, 2.24) is 0 Å². The van der Waals surface area contributed by atoms with Gasteiger partial charge in [-0.3, -0.25) is 0 Å². The van der Waals surface area contributed by atoms with Crippen molar-refractivity contribution in [2.45, 2.75) is 45.3 Å². The number of allylic oxidation sites excluding steroid dienone is 1. The van der Waals surface area contributed by atoms with E-state index in [-0.39, 0.29) is 0 Å². The summed E-state index contributed by atoms with van der Waals surface area (Å²) in [6.07, 6.45) is 4.39. The number of carbonyl (C=O) groups is 1. The van der Waals surface area contributed by atoms with Crippen molar-refractivity contribution in [3.63, 3.8) is 0 Å². The van der Waals surface area contributed by atoms with Crippen LogP contribution >= 0.6 is 0 Å². The van der Waals surface area contributed by atoms with E-state index in [0.29, 0.717) is 12.8 Å². The van der Waals surface area contributed by atoms with E-state index < -0.39 is 11.8 Å². The molecule has 0 aromatic rings. The Balaban J connectivity index is 2.48. The van der Waals surface area contributed by atoms with Crippen molar-refractivity contribution >= 4 is 5.97 Å². The quantitative estimate of drug-likeness (QED) is 0.404. The van der Waals surface area contributed by atoms with Crippen LogP contribution < -0.4 is 0 Å². The van der Waals surface area contributed by atoms with Crippen LogP contribution in [0.15, 0.2) is 11.6 Å². The first kappa shape index (κ1) is 10.3. The van der Waals surface area contributed by atoms with Crippen LogP contribution in [0.2, 0.25) is 0 Å². The second kappa shape index (κ2) is 3.92. The molecule has 1 saturated carbocycles.